The van der Waals surface area contributed by atoms with Crippen molar-refractivity contribution in [2.75, 3.05) is 18.4 Å². The molecule has 1 saturated carbocycles. The minimum atomic E-state index is -1.15. The van der Waals surface area contributed by atoms with E-state index in [0.717, 1.165) is 36.9 Å². The molecular formula is C24H35IN4O3. The van der Waals surface area contributed by atoms with E-state index in [1.165, 1.54) is 6.42 Å². The van der Waals surface area contributed by atoms with Gasteiger partial charge in [0.2, 0.25) is 5.91 Å². The molecule has 2 aromatic rings. The van der Waals surface area contributed by atoms with E-state index < -0.39 is 5.60 Å². The number of amides is 1. The van der Waals surface area contributed by atoms with E-state index in [9.17, 15) is 9.90 Å². The average molecular weight is 554 g/mol. The summed E-state index contributed by atoms with van der Waals surface area (Å²) in [6.45, 7) is 5.09. The van der Waals surface area contributed by atoms with Crippen LogP contribution in [-0.4, -0.2) is 30.1 Å². The topological polar surface area (TPSA) is 98.9 Å². The molecule has 1 aromatic heterocycles. The Hall–Kier alpha value is -2.07. The molecule has 0 saturated heterocycles. The first-order chi connectivity index (χ1) is 15.0. The summed E-state index contributed by atoms with van der Waals surface area (Å²) < 4.78 is 5.32. The first-order valence-corrected chi connectivity index (χ1v) is 11.2. The molecule has 1 aliphatic rings. The molecule has 1 aliphatic carbocycles. The summed E-state index contributed by atoms with van der Waals surface area (Å²) in [6, 6.07) is 11.3. The second-order valence-corrected chi connectivity index (χ2v) is 8.32. The van der Waals surface area contributed by atoms with Crippen LogP contribution in [0.5, 0.6) is 0 Å². The number of benzene rings is 1. The Morgan fingerprint density at radius 3 is 2.66 bits per heavy atom. The van der Waals surface area contributed by atoms with Gasteiger partial charge in [-0.15, -0.1) is 24.0 Å². The molecule has 0 bridgehead atoms. The van der Waals surface area contributed by atoms with E-state index in [0.29, 0.717) is 24.8 Å². The third-order valence-electron chi connectivity index (χ3n) is 5.59. The van der Waals surface area contributed by atoms with Crippen LogP contribution < -0.4 is 16.0 Å². The number of hydrogen-bond donors (Lipinski definition) is 4. The van der Waals surface area contributed by atoms with Crippen LogP contribution in [0.2, 0.25) is 0 Å². The predicted octanol–water partition coefficient (Wildman–Crippen LogP) is 4.38. The fourth-order valence-corrected chi connectivity index (χ4v) is 3.80. The quantitative estimate of drug-likeness (QED) is 0.221. The van der Waals surface area contributed by atoms with Crippen molar-refractivity contribution in [3.8, 4) is 0 Å². The fraction of sp³-hybridized carbons (Fsp3) is 0.500. The maximum absolute atomic E-state index is 12.5. The number of halogens is 1. The van der Waals surface area contributed by atoms with Crippen LogP contribution in [0.15, 0.2) is 52.1 Å². The summed E-state index contributed by atoms with van der Waals surface area (Å²) >= 11 is 0. The van der Waals surface area contributed by atoms with Crippen molar-refractivity contribution < 1.29 is 14.3 Å². The molecule has 0 aliphatic heterocycles. The van der Waals surface area contributed by atoms with Crippen LogP contribution >= 0.6 is 24.0 Å². The van der Waals surface area contributed by atoms with Gasteiger partial charge in [-0.25, -0.2) is 4.99 Å². The number of nitrogens with one attached hydrogen (secondary N) is 3. The molecule has 0 spiro atoms. The summed E-state index contributed by atoms with van der Waals surface area (Å²) in [5.41, 5.74) is 0.654. The Morgan fingerprint density at radius 2 is 1.97 bits per heavy atom. The van der Waals surface area contributed by atoms with Crippen LogP contribution in [-0.2, 0) is 16.9 Å². The number of anilines is 1. The maximum atomic E-state index is 12.5. The molecule has 4 N–H and O–H groups in total. The molecular weight excluding hydrogens is 519 g/mol. The molecule has 32 heavy (non-hydrogen) atoms. The normalized spacial score (nSPS) is 16.5. The lowest BCUT2D eigenvalue weighted by Gasteiger charge is -2.22. The number of carbonyl (C=O) groups excluding carboxylic acids is 1. The van der Waals surface area contributed by atoms with Crippen molar-refractivity contribution in [2.45, 2.75) is 58.1 Å². The second kappa shape index (κ2) is 12.8. The van der Waals surface area contributed by atoms with Crippen LogP contribution in [0.25, 0.3) is 0 Å². The van der Waals surface area contributed by atoms with E-state index in [-0.39, 0.29) is 42.3 Å². The second-order valence-electron chi connectivity index (χ2n) is 8.32. The highest BCUT2D eigenvalue weighted by Gasteiger charge is 2.26. The summed E-state index contributed by atoms with van der Waals surface area (Å²) in [4.78, 5) is 17.1. The maximum Gasteiger partial charge on any atom is 0.227 e. The molecule has 0 radical (unpaired) electrons. The lowest BCUT2D eigenvalue weighted by molar-refractivity contribution is -0.120. The van der Waals surface area contributed by atoms with Crippen LogP contribution in [0.1, 0.15) is 57.3 Å². The molecule has 1 atom stereocenters. The molecule has 176 valence electrons. The van der Waals surface area contributed by atoms with Crippen LogP contribution in [0.4, 0.5) is 5.69 Å². The Morgan fingerprint density at radius 1 is 1.19 bits per heavy atom. The zero-order valence-electron chi connectivity index (χ0n) is 18.9. The van der Waals surface area contributed by atoms with Crippen molar-refractivity contribution in [3.05, 3.63) is 54.0 Å². The van der Waals surface area contributed by atoms with Crippen molar-refractivity contribution >= 4 is 41.5 Å². The van der Waals surface area contributed by atoms with Gasteiger partial charge in [0.05, 0.1) is 19.4 Å². The van der Waals surface area contributed by atoms with Gasteiger partial charge in [0.1, 0.15) is 11.4 Å². The molecule has 1 fully saturated rings. The van der Waals surface area contributed by atoms with Crippen molar-refractivity contribution in [3.63, 3.8) is 0 Å². The summed E-state index contributed by atoms with van der Waals surface area (Å²) in [5, 5.41) is 20.0. The molecule has 1 aromatic carbocycles. The fourth-order valence-electron chi connectivity index (χ4n) is 3.80. The third-order valence-corrected chi connectivity index (χ3v) is 5.59. The Labute approximate surface area is 207 Å². The summed E-state index contributed by atoms with van der Waals surface area (Å²) in [7, 11) is 0. The highest BCUT2D eigenvalue weighted by molar-refractivity contribution is 14.0. The first kappa shape index (κ1) is 26.2. The van der Waals surface area contributed by atoms with E-state index in [1.807, 2.05) is 31.2 Å². The number of nitrogens with zero attached hydrogens (tertiary/aromatic N) is 1. The van der Waals surface area contributed by atoms with E-state index in [2.05, 4.69) is 20.9 Å². The average Bonchev–Trinajstić information content (AvgIpc) is 3.33. The SMILES string of the molecule is CCNC(=NCc1cccc(NC(=O)C2CCCCC2)c1)NCC(C)(O)c1ccco1.I. The monoisotopic (exact) mass is 554 g/mol. The zero-order chi connectivity index (χ0) is 22.1. The lowest BCUT2D eigenvalue weighted by atomic mass is 9.88. The van der Waals surface area contributed by atoms with Gasteiger partial charge in [-0.2, -0.15) is 0 Å². The van der Waals surface area contributed by atoms with Gasteiger partial charge in [0, 0.05) is 18.2 Å². The third kappa shape index (κ3) is 7.81. The summed E-state index contributed by atoms with van der Waals surface area (Å²) in [5.74, 6) is 1.35. The summed E-state index contributed by atoms with van der Waals surface area (Å²) in [6.07, 6.45) is 7.02. The number of guanidine groups is 1. The molecule has 1 unspecified atom stereocenters. The van der Waals surface area contributed by atoms with Crippen LogP contribution in [0, 0.1) is 5.92 Å². The van der Waals surface area contributed by atoms with Gasteiger partial charge in [-0.3, -0.25) is 4.79 Å². The molecule has 3 rings (SSSR count). The molecule has 1 amide bonds. The highest BCUT2D eigenvalue weighted by atomic mass is 127. The Bertz CT molecular complexity index is 862. The van der Waals surface area contributed by atoms with Crippen LogP contribution in [0.3, 0.4) is 0 Å². The van der Waals surface area contributed by atoms with Gasteiger partial charge in [0.15, 0.2) is 5.96 Å². The van der Waals surface area contributed by atoms with E-state index in [1.54, 1.807) is 25.3 Å². The van der Waals surface area contributed by atoms with Gasteiger partial charge in [-0.1, -0.05) is 31.4 Å². The van der Waals surface area contributed by atoms with E-state index >= 15 is 0 Å². The molecule has 8 heteroatoms. The number of carbonyl (C=O) groups is 1. The highest BCUT2D eigenvalue weighted by Crippen LogP contribution is 2.25. The number of aliphatic hydroxyl groups is 1. The van der Waals surface area contributed by atoms with Gasteiger partial charge >= 0.3 is 0 Å². The Kier molecular flexibility index (Phi) is 10.5. The molecule has 1 heterocycles. The lowest BCUT2D eigenvalue weighted by Crippen LogP contribution is -2.44. The van der Waals surface area contributed by atoms with Crippen molar-refractivity contribution in [1.29, 1.82) is 0 Å². The van der Waals surface area contributed by atoms with Crippen molar-refractivity contribution in [2.24, 2.45) is 10.9 Å². The molecule has 7 nitrogen and oxygen atoms in total. The number of rotatable bonds is 8. The van der Waals surface area contributed by atoms with Gasteiger partial charge in [-0.05, 0) is 56.5 Å². The largest absolute Gasteiger partial charge is 0.466 e. The zero-order valence-corrected chi connectivity index (χ0v) is 21.2. The number of hydrogen-bond acceptors (Lipinski definition) is 4. The van der Waals surface area contributed by atoms with Gasteiger partial charge < -0.3 is 25.5 Å². The Balaban J connectivity index is 0.00000363. The minimum Gasteiger partial charge on any atom is -0.466 e. The van der Waals surface area contributed by atoms with Gasteiger partial charge in [0.25, 0.3) is 0 Å². The smallest absolute Gasteiger partial charge is 0.227 e. The number of furan rings is 1. The first-order valence-electron chi connectivity index (χ1n) is 11.2. The predicted molar refractivity (Wildman–Crippen MR) is 138 cm³/mol. The number of aliphatic imine (C=N–C) groups is 1. The van der Waals surface area contributed by atoms with Crippen molar-refractivity contribution in [1.82, 2.24) is 10.6 Å². The van der Waals surface area contributed by atoms with E-state index in [4.69, 9.17) is 4.42 Å². The standard InChI is InChI=1S/C24H34N4O3.HI/c1-3-25-23(27-17-24(2,30)21-13-8-14-31-21)26-16-18-9-7-12-20(15-18)28-22(29)19-10-5-4-6-11-19;/h7-9,12-15,19,30H,3-6,10-11,16-17H2,1-2H3,(H,28,29)(H2,25,26,27);1H. The minimum absolute atomic E-state index is 0.